The van der Waals surface area contributed by atoms with Crippen LogP contribution in [0.4, 0.5) is 5.69 Å². The van der Waals surface area contributed by atoms with Gasteiger partial charge in [-0.15, -0.1) is 0 Å². The van der Waals surface area contributed by atoms with Gasteiger partial charge < -0.3 is 5.32 Å². The van der Waals surface area contributed by atoms with Gasteiger partial charge in [-0.05, 0) is 52.4 Å². The molecule has 2 amide bonds. The Morgan fingerprint density at radius 3 is 2.30 bits per heavy atom. The monoisotopic (exact) mass is 421 g/mol. The largest absolute Gasteiger partial charge is 0.326 e. The van der Waals surface area contributed by atoms with Gasteiger partial charge in [0, 0.05) is 22.1 Å². The lowest BCUT2D eigenvalue weighted by Crippen LogP contribution is -2.20. The Bertz CT molecular complexity index is 685. The van der Waals surface area contributed by atoms with Crippen LogP contribution >= 0.6 is 22.6 Å². The smallest absolute Gasteiger partial charge is 0.240 e. The zero-order valence-electron chi connectivity index (χ0n) is 12.3. The van der Waals surface area contributed by atoms with Gasteiger partial charge in [0.1, 0.15) is 0 Å². The second kappa shape index (κ2) is 9.04. The van der Waals surface area contributed by atoms with E-state index in [4.69, 9.17) is 0 Å². The minimum atomic E-state index is -0.296. The van der Waals surface area contributed by atoms with Crippen LogP contribution < -0.4 is 10.7 Å². The molecule has 0 spiro atoms. The van der Waals surface area contributed by atoms with E-state index in [0.717, 1.165) is 14.8 Å². The number of nitrogens with zero attached hydrogens (tertiary/aromatic N) is 1. The highest BCUT2D eigenvalue weighted by atomic mass is 127. The number of halogens is 1. The molecule has 0 radical (unpaired) electrons. The van der Waals surface area contributed by atoms with Crippen molar-refractivity contribution in [2.75, 3.05) is 5.32 Å². The van der Waals surface area contributed by atoms with Crippen molar-refractivity contribution >= 4 is 46.3 Å². The van der Waals surface area contributed by atoms with Crippen molar-refractivity contribution in [1.82, 2.24) is 5.43 Å². The van der Waals surface area contributed by atoms with Crippen LogP contribution in [0.1, 0.15) is 18.4 Å². The standard InChI is InChI=1S/C17H16IN3O2/c18-14-6-8-15(9-7-14)20-16(22)10-11-17(23)21-19-12-13-4-2-1-3-5-13/h1-9,12H,10-11H2,(H,20,22)(H,21,23)/b19-12+. The summed E-state index contributed by atoms with van der Waals surface area (Å²) in [5, 5.41) is 6.60. The molecule has 0 aliphatic heterocycles. The second-order valence-corrected chi connectivity index (χ2v) is 6.00. The fourth-order valence-corrected chi connectivity index (χ4v) is 2.12. The summed E-state index contributed by atoms with van der Waals surface area (Å²) >= 11 is 2.19. The third-order valence-electron chi connectivity index (χ3n) is 2.91. The SMILES string of the molecule is O=C(CCC(=O)Nc1ccc(I)cc1)N/N=C/c1ccccc1. The van der Waals surface area contributed by atoms with Crippen LogP contribution in [0.25, 0.3) is 0 Å². The fraction of sp³-hybridized carbons (Fsp3) is 0.118. The molecule has 0 unspecified atom stereocenters. The number of benzene rings is 2. The van der Waals surface area contributed by atoms with Crippen molar-refractivity contribution in [3.05, 3.63) is 63.7 Å². The minimum Gasteiger partial charge on any atom is -0.326 e. The molecule has 0 bridgehead atoms. The van der Waals surface area contributed by atoms with Crippen molar-refractivity contribution < 1.29 is 9.59 Å². The predicted molar refractivity (Wildman–Crippen MR) is 99.2 cm³/mol. The van der Waals surface area contributed by atoms with Gasteiger partial charge in [0.05, 0.1) is 6.21 Å². The minimum absolute atomic E-state index is 0.0856. The van der Waals surface area contributed by atoms with Gasteiger partial charge in [-0.3, -0.25) is 9.59 Å². The summed E-state index contributed by atoms with van der Waals surface area (Å²) in [6.07, 6.45) is 1.75. The number of carbonyl (C=O) groups is 2. The molecule has 23 heavy (non-hydrogen) atoms. The van der Waals surface area contributed by atoms with E-state index in [0.29, 0.717) is 0 Å². The summed E-state index contributed by atoms with van der Waals surface area (Å²) < 4.78 is 1.09. The van der Waals surface area contributed by atoms with Crippen LogP contribution in [-0.2, 0) is 9.59 Å². The maximum atomic E-state index is 11.8. The molecular formula is C17H16IN3O2. The molecule has 2 aromatic rings. The van der Waals surface area contributed by atoms with E-state index in [1.54, 1.807) is 6.21 Å². The highest BCUT2D eigenvalue weighted by Gasteiger charge is 2.06. The Morgan fingerprint density at radius 2 is 1.61 bits per heavy atom. The summed E-state index contributed by atoms with van der Waals surface area (Å²) in [5.41, 5.74) is 4.02. The molecule has 2 N–H and O–H groups in total. The summed E-state index contributed by atoms with van der Waals surface area (Å²) in [6.45, 7) is 0. The third kappa shape index (κ3) is 6.60. The van der Waals surface area contributed by atoms with E-state index in [-0.39, 0.29) is 24.7 Å². The van der Waals surface area contributed by atoms with Crippen LogP contribution in [0.2, 0.25) is 0 Å². The average molecular weight is 421 g/mol. The van der Waals surface area contributed by atoms with Gasteiger partial charge in [-0.2, -0.15) is 5.10 Å². The first-order chi connectivity index (χ1) is 11.1. The molecule has 2 rings (SSSR count). The lowest BCUT2D eigenvalue weighted by atomic mass is 10.2. The molecule has 118 valence electrons. The molecule has 0 fully saturated rings. The number of hydrogen-bond acceptors (Lipinski definition) is 3. The average Bonchev–Trinajstić information content (AvgIpc) is 2.56. The van der Waals surface area contributed by atoms with Crippen LogP contribution in [0.3, 0.4) is 0 Å². The predicted octanol–water partition coefficient (Wildman–Crippen LogP) is 3.16. The highest BCUT2D eigenvalue weighted by molar-refractivity contribution is 14.1. The first-order valence-corrected chi connectivity index (χ1v) is 8.14. The Morgan fingerprint density at radius 1 is 0.957 bits per heavy atom. The van der Waals surface area contributed by atoms with Crippen molar-refractivity contribution in [2.45, 2.75) is 12.8 Å². The third-order valence-corrected chi connectivity index (χ3v) is 3.63. The van der Waals surface area contributed by atoms with Crippen molar-refractivity contribution in [3.63, 3.8) is 0 Å². The van der Waals surface area contributed by atoms with E-state index in [1.807, 2.05) is 54.6 Å². The van der Waals surface area contributed by atoms with Crippen molar-refractivity contribution in [1.29, 1.82) is 0 Å². The zero-order chi connectivity index (χ0) is 16.5. The molecule has 0 aliphatic rings. The maximum absolute atomic E-state index is 11.8. The number of hydrazone groups is 1. The van der Waals surface area contributed by atoms with Gasteiger partial charge in [0.2, 0.25) is 11.8 Å². The normalized spacial score (nSPS) is 10.5. The number of amides is 2. The molecule has 0 atom stereocenters. The van der Waals surface area contributed by atoms with E-state index in [9.17, 15) is 9.59 Å². The molecule has 0 saturated heterocycles. The number of hydrogen-bond donors (Lipinski definition) is 2. The molecule has 0 saturated carbocycles. The van der Waals surface area contributed by atoms with Crippen LogP contribution in [0.15, 0.2) is 59.7 Å². The number of nitrogens with one attached hydrogen (secondary N) is 2. The van der Waals surface area contributed by atoms with Crippen LogP contribution in [0.5, 0.6) is 0 Å². The van der Waals surface area contributed by atoms with Gasteiger partial charge >= 0.3 is 0 Å². The molecule has 5 nitrogen and oxygen atoms in total. The Labute approximate surface area is 148 Å². The van der Waals surface area contributed by atoms with Gasteiger partial charge in [-0.25, -0.2) is 5.43 Å². The Balaban J connectivity index is 1.70. The summed E-state index contributed by atoms with van der Waals surface area (Å²) in [4.78, 5) is 23.4. The Kier molecular flexibility index (Phi) is 6.74. The van der Waals surface area contributed by atoms with Gasteiger partial charge in [0.15, 0.2) is 0 Å². The quantitative estimate of drug-likeness (QED) is 0.428. The molecule has 0 aliphatic carbocycles. The number of rotatable bonds is 6. The van der Waals surface area contributed by atoms with Gasteiger partial charge in [-0.1, -0.05) is 30.3 Å². The van der Waals surface area contributed by atoms with Crippen molar-refractivity contribution in [2.24, 2.45) is 5.10 Å². The lowest BCUT2D eigenvalue weighted by Gasteiger charge is -2.04. The van der Waals surface area contributed by atoms with E-state index >= 15 is 0 Å². The molecule has 2 aromatic carbocycles. The van der Waals surface area contributed by atoms with Crippen LogP contribution in [-0.4, -0.2) is 18.0 Å². The van der Waals surface area contributed by atoms with E-state index < -0.39 is 0 Å². The Hall–Kier alpha value is -2.22. The van der Waals surface area contributed by atoms with Crippen molar-refractivity contribution in [3.8, 4) is 0 Å². The first kappa shape index (κ1) is 17.1. The molecule has 0 heterocycles. The lowest BCUT2D eigenvalue weighted by molar-refractivity contribution is -0.124. The van der Waals surface area contributed by atoms with E-state index in [2.05, 4.69) is 38.4 Å². The zero-order valence-corrected chi connectivity index (χ0v) is 14.5. The highest BCUT2D eigenvalue weighted by Crippen LogP contribution is 2.11. The van der Waals surface area contributed by atoms with E-state index in [1.165, 1.54) is 0 Å². The van der Waals surface area contributed by atoms with Crippen LogP contribution in [0, 0.1) is 3.57 Å². The first-order valence-electron chi connectivity index (χ1n) is 7.06. The topological polar surface area (TPSA) is 70.6 Å². The second-order valence-electron chi connectivity index (χ2n) is 4.76. The summed E-state index contributed by atoms with van der Waals surface area (Å²) in [7, 11) is 0. The maximum Gasteiger partial charge on any atom is 0.240 e. The summed E-state index contributed by atoms with van der Waals surface area (Å²) in [5.74, 6) is -0.497. The molecular weight excluding hydrogens is 405 g/mol. The fourth-order valence-electron chi connectivity index (χ4n) is 1.76. The number of anilines is 1. The summed E-state index contributed by atoms with van der Waals surface area (Å²) in [6, 6.07) is 16.9. The van der Waals surface area contributed by atoms with Gasteiger partial charge in [0.25, 0.3) is 0 Å². The molecule has 0 aromatic heterocycles. The molecule has 6 heteroatoms. The number of carbonyl (C=O) groups excluding carboxylic acids is 2.